The van der Waals surface area contributed by atoms with E-state index in [2.05, 4.69) is 19.2 Å². The number of carbonyl (C=O) groups excluding carboxylic acids is 1. The molecule has 1 aliphatic rings. The summed E-state index contributed by atoms with van der Waals surface area (Å²) in [6.07, 6.45) is 1.10. The molecule has 1 N–H and O–H groups in total. The monoisotopic (exact) mass is 170 g/mol. The van der Waals surface area contributed by atoms with Crippen LogP contribution in [0, 0.1) is 0 Å². The van der Waals surface area contributed by atoms with Crippen molar-refractivity contribution >= 4 is 5.91 Å². The van der Waals surface area contributed by atoms with Crippen LogP contribution in [0.5, 0.6) is 0 Å². The van der Waals surface area contributed by atoms with E-state index in [-0.39, 0.29) is 5.91 Å². The van der Waals surface area contributed by atoms with Crippen LogP contribution in [0.2, 0.25) is 0 Å². The molecular formula is C9H18N2O. The Hall–Kier alpha value is -0.570. The van der Waals surface area contributed by atoms with Crippen LogP contribution in [0.1, 0.15) is 27.2 Å². The quantitative estimate of drug-likeness (QED) is 0.658. The van der Waals surface area contributed by atoms with E-state index in [1.54, 1.807) is 6.92 Å². The van der Waals surface area contributed by atoms with E-state index in [1.807, 2.05) is 4.90 Å². The Morgan fingerprint density at radius 2 is 2.25 bits per heavy atom. The SMILES string of the molecule is CC(=O)N1CC[C@H](NC(C)C)C1. The maximum Gasteiger partial charge on any atom is 0.219 e. The third-order valence-electron chi connectivity index (χ3n) is 2.20. The molecule has 0 aromatic heterocycles. The van der Waals surface area contributed by atoms with E-state index in [1.165, 1.54) is 0 Å². The number of hydrogen-bond acceptors (Lipinski definition) is 2. The Bertz CT molecular complexity index is 168. The van der Waals surface area contributed by atoms with Gasteiger partial charge in [0, 0.05) is 32.1 Å². The van der Waals surface area contributed by atoms with E-state index in [0.717, 1.165) is 19.5 Å². The molecule has 1 aliphatic heterocycles. The maximum absolute atomic E-state index is 11.0. The number of likely N-dealkylation sites (tertiary alicyclic amines) is 1. The van der Waals surface area contributed by atoms with Crippen molar-refractivity contribution < 1.29 is 4.79 Å². The highest BCUT2D eigenvalue weighted by atomic mass is 16.2. The van der Waals surface area contributed by atoms with Crippen LogP contribution in [-0.4, -0.2) is 36.0 Å². The first-order valence-corrected chi connectivity index (χ1v) is 4.61. The van der Waals surface area contributed by atoms with Crippen LogP contribution in [0.25, 0.3) is 0 Å². The lowest BCUT2D eigenvalue weighted by Crippen LogP contribution is -2.37. The van der Waals surface area contributed by atoms with E-state index >= 15 is 0 Å². The molecule has 3 heteroatoms. The smallest absolute Gasteiger partial charge is 0.219 e. The van der Waals surface area contributed by atoms with Crippen LogP contribution in [0.15, 0.2) is 0 Å². The van der Waals surface area contributed by atoms with Crippen LogP contribution < -0.4 is 5.32 Å². The minimum atomic E-state index is 0.197. The van der Waals surface area contributed by atoms with Crippen molar-refractivity contribution in [3.63, 3.8) is 0 Å². The molecule has 0 aromatic carbocycles. The molecule has 12 heavy (non-hydrogen) atoms. The topological polar surface area (TPSA) is 32.3 Å². The second kappa shape index (κ2) is 3.90. The summed E-state index contributed by atoms with van der Waals surface area (Å²) < 4.78 is 0. The number of nitrogens with zero attached hydrogens (tertiary/aromatic N) is 1. The molecule has 1 saturated heterocycles. The average Bonchev–Trinajstić information content (AvgIpc) is 2.34. The van der Waals surface area contributed by atoms with E-state index < -0.39 is 0 Å². The average molecular weight is 170 g/mol. The van der Waals surface area contributed by atoms with E-state index in [4.69, 9.17) is 0 Å². The summed E-state index contributed by atoms with van der Waals surface area (Å²) in [6.45, 7) is 7.71. The number of carbonyl (C=O) groups is 1. The van der Waals surface area contributed by atoms with Gasteiger partial charge in [-0.2, -0.15) is 0 Å². The second-order valence-electron chi connectivity index (χ2n) is 3.77. The maximum atomic E-state index is 11.0. The first kappa shape index (κ1) is 9.52. The summed E-state index contributed by atoms with van der Waals surface area (Å²) >= 11 is 0. The van der Waals surface area contributed by atoms with Gasteiger partial charge in [-0.3, -0.25) is 4.79 Å². The van der Waals surface area contributed by atoms with Gasteiger partial charge in [-0.1, -0.05) is 13.8 Å². The molecule has 70 valence electrons. The number of hydrogen-bond donors (Lipinski definition) is 1. The van der Waals surface area contributed by atoms with Crippen molar-refractivity contribution in [3.8, 4) is 0 Å². The number of rotatable bonds is 2. The fraction of sp³-hybridized carbons (Fsp3) is 0.889. The molecule has 1 atom stereocenters. The van der Waals surface area contributed by atoms with Gasteiger partial charge in [0.2, 0.25) is 5.91 Å². The molecule has 0 radical (unpaired) electrons. The van der Waals surface area contributed by atoms with Crippen LogP contribution in [0.4, 0.5) is 0 Å². The highest BCUT2D eigenvalue weighted by molar-refractivity contribution is 5.73. The lowest BCUT2D eigenvalue weighted by Gasteiger charge is -2.16. The van der Waals surface area contributed by atoms with Gasteiger partial charge in [0.15, 0.2) is 0 Å². The molecule has 1 amide bonds. The third-order valence-corrected chi connectivity index (χ3v) is 2.20. The molecule has 0 unspecified atom stereocenters. The second-order valence-corrected chi connectivity index (χ2v) is 3.77. The summed E-state index contributed by atoms with van der Waals surface area (Å²) in [4.78, 5) is 12.9. The normalized spacial score (nSPS) is 23.7. The zero-order valence-electron chi connectivity index (χ0n) is 8.13. The predicted molar refractivity (Wildman–Crippen MR) is 48.9 cm³/mol. The summed E-state index contributed by atoms with van der Waals surface area (Å²) in [7, 11) is 0. The molecule has 1 rings (SSSR count). The molecule has 0 aromatic rings. The van der Waals surface area contributed by atoms with Crippen molar-refractivity contribution in [2.24, 2.45) is 0 Å². The zero-order valence-corrected chi connectivity index (χ0v) is 8.13. The zero-order chi connectivity index (χ0) is 9.14. The Balaban J connectivity index is 2.30. The number of amides is 1. The highest BCUT2D eigenvalue weighted by Crippen LogP contribution is 2.09. The molecule has 0 bridgehead atoms. The fourth-order valence-electron chi connectivity index (χ4n) is 1.65. The molecule has 0 aliphatic carbocycles. The van der Waals surface area contributed by atoms with Crippen molar-refractivity contribution in [2.75, 3.05) is 13.1 Å². The van der Waals surface area contributed by atoms with Crippen LogP contribution >= 0.6 is 0 Å². The van der Waals surface area contributed by atoms with Crippen molar-refractivity contribution in [2.45, 2.75) is 39.3 Å². The third kappa shape index (κ3) is 2.48. The molecular weight excluding hydrogens is 152 g/mol. The van der Waals surface area contributed by atoms with Crippen LogP contribution in [0.3, 0.4) is 0 Å². The van der Waals surface area contributed by atoms with Gasteiger partial charge in [-0.25, -0.2) is 0 Å². The molecule has 1 heterocycles. The minimum Gasteiger partial charge on any atom is -0.341 e. The van der Waals surface area contributed by atoms with Gasteiger partial charge in [0.1, 0.15) is 0 Å². The van der Waals surface area contributed by atoms with Crippen molar-refractivity contribution in [1.82, 2.24) is 10.2 Å². The van der Waals surface area contributed by atoms with Gasteiger partial charge in [-0.05, 0) is 6.42 Å². The van der Waals surface area contributed by atoms with E-state index in [9.17, 15) is 4.79 Å². The summed E-state index contributed by atoms with van der Waals surface area (Å²) in [6, 6.07) is 1.02. The van der Waals surface area contributed by atoms with Crippen molar-refractivity contribution in [1.29, 1.82) is 0 Å². The first-order chi connectivity index (χ1) is 5.59. The Morgan fingerprint density at radius 1 is 1.58 bits per heavy atom. The Labute approximate surface area is 74.1 Å². The molecule has 1 fully saturated rings. The minimum absolute atomic E-state index is 0.197. The summed E-state index contributed by atoms with van der Waals surface area (Å²) in [5, 5.41) is 3.43. The van der Waals surface area contributed by atoms with Gasteiger partial charge >= 0.3 is 0 Å². The van der Waals surface area contributed by atoms with E-state index in [0.29, 0.717) is 12.1 Å². The Kier molecular flexibility index (Phi) is 3.09. The predicted octanol–water partition coefficient (Wildman–Crippen LogP) is 0.605. The summed E-state index contributed by atoms with van der Waals surface area (Å²) in [5.41, 5.74) is 0. The lowest BCUT2D eigenvalue weighted by molar-refractivity contribution is -0.127. The van der Waals surface area contributed by atoms with Gasteiger partial charge in [-0.15, -0.1) is 0 Å². The highest BCUT2D eigenvalue weighted by Gasteiger charge is 2.23. The molecule has 3 nitrogen and oxygen atoms in total. The molecule has 0 spiro atoms. The van der Waals surface area contributed by atoms with Crippen LogP contribution in [-0.2, 0) is 4.79 Å². The first-order valence-electron chi connectivity index (χ1n) is 4.61. The Morgan fingerprint density at radius 3 is 2.67 bits per heavy atom. The van der Waals surface area contributed by atoms with Gasteiger partial charge in [0.25, 0.3) is 0 Å². The molecule has 0 saturated carbocycles. The van der Waals surface area contributed by atoms with Gasteiger partial charge in [0.05, 0.1) is 0 Å². The summed E-state index contributed by atoms with van der Waals surface area (Å²) in [5.74, 6) is 0.197. The van der Waals surface area contributed by atoms with Gasteiger partial charge < -0.3 is 10.2 Å². The number of nitrogens with one attached hydrogen (secondary N) is 1. The van der Waals surface area contributed by atoms with Crippen molar-refractivity contribution in [3.05, 3.63) is 0 Å². The fourth-order valence-corrected chi connectivity index (χ4v) is 1.65. The standard InChI is InChI=1S/C9H18N2O/c1-7(2)10-9-4-5-11(6-9)8(3)12/h7,9-10H,4-6H2,1-3H3/t9-/m0/s1. The largest absolute Gasteiger partial charge is 0.341 e. The lowest BCUT2D eigenvalue weighted by atomic mass is 10.2.